The zero-order chi connectivity index (χ0) is 20.9. The number of carbonyl (C=O) groups is 3. The van der Waals surface area contributed by atoms with Gasteiger partial charge in [0.1, 0.15) is 5.52 Å². The van der Waals surface area contributed by atoms with Crippen LogP contribution in [0, 0.1) is 5.92 Å². The van der Waals surface area contributed by atoms with Gasteiger partial charge in [-0.1, -0.05) is 17.3 Å². The van der Waals surface area contributed by atoms with E-state index >= 15 is 0 Å². The number of benzene rings is 1. The lowest BCUT2D eigenvalue weighted by Gasteiger charge is -2.32. The number of para-hydroxylation sites is 1. The number of hydrogen-bond acceptors (Lipinski definition) is 5. The van der Waals surface area contributed by atoms with Gasteiger partial charge in [0.25, 0.3) is 0 Å². The van der Waals surface area contributed by atoms with Gasteiger partial charge < -0.3 is 15.1 Å². The van der Waals surface area contributed by atoms with Crippen molar-refractivity contribution in [3.63, 3.8) is 0 Å². The van der Waals surface area contributed by atoms with Crippen molar-refractivity contribution in [1.82, 2.24) is 30.1 Å². The molecule has 0 bridgehead atoms. The molecule has 3 heterocycles. The SMILES string of the molecule is O=C(NCCn1nnc2ccccc21)[C@H]1CCC(=O)N(CCCN2CCCC2=O)C1. The second-order valence-corrected chi connectivity index (χ2v) is 8.01. The maximum Gasteiger partial charge on any atom is 0.224 e. The van der Waals surface area contributed by atoms with E-state index in [9.17, 15) is 14.4 Å². The van der Waals surface area contributed by atoms with Crippen LogP contribution in [0.25, 0.3) is 11.0 Å². The number of likely N-dealkylation sites (tertiary alicyclic amines) is 2. The molecule has 0 radical (unpaired) electrons. The van der Waals surface area contributed by atoms with E-state index in [1.165, 1.54) is 0 Å². The molecule has 3 amide bonds. The standard InChI is InChI=1S/C21H28N6O3/c28-19-7-3-11-25(19)12-4-13-26-15-16(8-9-20(26)29)21(30)22-10-14-27-18-6-2-1-5-17(18)23-24-27/h1-2,5-6,16H,3-4,7-15H2,(H,22,30)/t16-/m0/s1. The van der Waals surface area contributed by atoms with E-state index in [1.807, 2.05) is 29.2 Å². The van der Waals surface area contributed by atoms with Gasteiger partial charge in [-0.25, -0.2) is 4.68 Å². The molecule has 2 aromatic rings. The fourth-order valence-corrected chi connectivity index (χ4v) is 4.25. The Morgan fingerprint density at radius 2 is 1.87 bits per heavy atom. The first-order valence-corrected chi connectivity index (χ1v) is 10.7. The number of rotatable bonds is 8. The summed E-state index contributed by atoms with van der Waals surface area (Å²) in [4.78, 5) is 40.2. The Bertz CT molecular complexity index is 926. The molecular formula is C21H28N6O3. The van der Waals surface area contributed by atoms with Crippen molar-refractivity contribution in [3.05, 3.63) is 24.3 Å². The minimum Gasteiger partial charge on any atom is -0.354 e. The third-order valence-electron chi connectivity index (χ3n) is 5.94. The first kappa shape index (κ1) is 20.3. The molecule has 9 heteroatoms. The summed E-state index contributed by atoms with van der Waals surface area (Å²) in [5.74, 6) is 0.0912. The van der Waals surface area contributed by atoms with E-state index in [-0.39, 0.29) is 23.6 Å². The Hall–Kier alpha value is -2.97. The van der Waals surface area contributed by atoms with Crippen molar-refractivity contribution < 1.29 is 14.4 Å². The van der Waals surface area contributed by atoms with Crippen molar-refractivity contribution in [1.29, 1.82) is 0 Å². The predicted octanol–water partition coefficient (Wildman–Crippen LogP) is 0.799. The summed E-state index contributed by atoms with van der Waals surface area (Å²) in [6.07, 6.45) is 3.29. The van der Waals surface area contributed by atoms with Crippen molar-refractivity contribution in [2.75, 3.05) is 32.7 Å². The number of amides is 3. The number of nitrogens with zero attached hydrogens (tertiary/aromatic N) is 5. The van der Waals surface area contributed by atoms with E-state index in [0.717, 1.165) is 30.4 Å². The molecule has 4 rings (SSSR count). The van der Waals surface area contributed by atoms with Crippen LogP contribution in [0.15, 0.2) is 24.3 Å². The highest BCUT2D eigenvalue weighted by Gasteiger charge is 2.30. The van der Waals surface area contributed by atoms with Gasteiger partial charge in [0.15, 0.2) is 0 Å². The number of aromatic nitrogens is 3. The average Bonchev–Trinajstić information content (AvgIpc) is 3.35. The third-order valence-corrected chi connectivity index (χ3v) is 5.94. The van der Waals surface area contributed by atoms with Crippen LogP contribution >= 0.6 is 0 Å². The quantitative estimate of drug-likeness (QED) is 0.691. The van der Waals surface area contributed by atoms with Crippen LogP contribution in [-0.2, 0) is 20.9 Å². The van der Waals surface area contributed by atoms with Crippen LogP contribution in [0.5, 0.6) is 0 Å². The van der Waals surface area contributed by atoms with Gasteiger partial charge >= 0.3 is 0 Å². The van der Waals surface area contributed by atoms with E-state index in [2.05, 4.69) is 15.6 Å². The van der Waals surface area contributed by atoms with Gasteiger partial charge in [-0.3, -0.25) is 14.4 Å². The summed E-state index contributed by atoms with van der Waals surface area (Å²) in [6.45, 7) is 3.56. The lowest BCUT2D eigenvalue weighted by Crippen LogP contribution is -2.46. The highest BCUT2D eigenvalue weighted by Crippen LogP contribution is 2.19. The summed E-state index contributed by atoms with van der Waals surface area (Å²) < 4.78 is 1.78. The van der Waals surface area contributed by atoms with Crippen molar-refractivity contribution in [3.8, 4) is 0 Å². The molecular weight excluding hydrogens is 384 g/mol. The molecule has 160 valence electrons. The summed E-state index contributed by atoms with van der Waals surface area (Å²) in [6, 6.07) is 7.72. The average molecular weight is 412 g/mol. The molecule has 1 aromatic carbocycles. The molecule has 2 fully saturated rings. The van der Waals surface area contributed by atoms with E-state index in [1.54, 1.807) is 9.58 Å². The van der Waals surface area contributed by atoms with Crippen LogP contribution in [0.4, 0.5) is 0 Å². The molecule has 2 saturated heterocycles. The first-order valence-electron chi connectivity index (χ1n) is 10.7. The Balaban J connectivity index is 1.22. The summed E-state index contributed by atoms with van der Waals surface area (Å²) in [7, 11) is 0. The fourth-order valence-electron chi connectivity index (χ4n) is 4.25. The fraction of sp³-hybridized carbons (Fsp3) is 0.571. The van der Waals surface area contributed by atoms with Gasteiger partial charge in [-0.05, 0) is 31.4 Å². The van der Waals surface area contributed by atoms with Gasteiger partial charge in [0.2, 0.25) is 17.7 Å². The smallest absolute Gasteiger partial charge is 0.224 e. The van der Waals surface area contributed by atoms with Crippen molar-refractivity contribution in [2.24, 2.45) is 5.92 Å². The minimum atomic E-state index is -0.191. The van der Waals surface area contributed by atoms with Crippen LogP contribution in [0.1, 0.15) is 32.1 Å². The molecule has 2 aliphatic rings. The topological polar surface area (TPSA) is 100 Å². The second-order valence-electron chi connectivity index (χ2n) is 8.01. The normalized spacial score (nSPS) is 19.7. The van der Waals surface area contributed by atoms with Gasteiger partial charge in [0.05, 0.1) is 18.0 Å². The molecule has 30 heavy (non-hydrogen) atoms. The molecule has 0 unspecified atom stereocenters. The lowest BCUT2D eigenvalue weighted by molar-refractivity contribution is -0.138. The third kappa shape index (κ3) is 4.60. The second kappa shape index (κ2) is 9.23. The monoisotopic (exact) mass is 412 g/mol. The maximum atomic E-state index is 12.6. The van der Waals surface area contributed by atoms with E-state index in [0.29, 0.717) is 52.0 Å². The first-order chi connectivity index (χ1) is 14.6. The minimum absolute atomic E-state index is 0.0216. The highest BCUT2D eigenvalue weighted by molar-refractivity contribution is 5.84. The molecule has 0 saturated carbocycles. The van der Waals surface area contributed by atoms with Crippen LogP contribution in [-0.4, -0.2) is 75.2 Å². The highest BCUT2D eigenvalue weighted by atomic mass is 16.2. The Morgan fingerprint density at radius 3 is 2.70 bits per heavy atom. The molecule has 1 N–H and O–H groups in total. The van der Waals surface area contributed by atoms with E-state index in [4.69, 9.17) is 0 Å². The molecule has 1 atom stereocenters. The van der Waals surface area contributed by atoms with Gasteiger partial charge in [-0.2, -0.15) is 0 Å². The maximum absolute atomic E-state index is 12.6. The summed E-state index contributed by atoms with van der Waals surface area (Å²) in [5, 5.41) is 11.2. The van der Waals surface area contributed by atoms with Gasteiger partial charge in [-0.15, -0.1) is 5.10 Å². The number of carbonyl (C=O) groups excluding carboxylic acids is 3. The van der Waals surface area contributed by atoms with Gasteiger partial charge in [0, 0.05) is 45.6 Å². The van der Waals surface area contributed by atoms with Crippen LogP contribution in [0.3, 0.4) is 0 Å². The molecule has 0 aliphatic carbocycles. The largest absolute Gasteiger partial charge is 0.354 e. The number of piperidine rings is 1. The number of hydrogen-bond donors (Lipinski definition) is 1. The Labute approximate surface area is 175 Å². The lowest BCUT2D eigenvalue weighted by atomic mass is 9.96. The molecule has 1 aromatic heterocycles. The number of fused-ring (bicyclic) bond motifs is 1. The molecule has 9 nitrogen and oxygen atoms in total. The zero-order valence-corrected chi connectivity index (χ0v) is 17.1. The summed E-state index contributed by atoms with van der Waals surface area (Å²) >= 11 is 0. The van der Waals surface area contributed by atoms with E-state index < -0.39 is 0 Å². The zero-order valence-electron chi connectivity index (χ0n) is 17.1. The number of nitrogens with one attached hydrogen (secondary N) is 1. The Kier molecular flexibility index (Phi) is 6.25. The van der Waals surface area contributed by atoms with Crippen molar-refractivity contribution in [2.45, 2.75) is 38.6 Å². The summed E-state index contributed by atoms with van der Waals surface area (Å²) in [5.41, 5.74) is 1.78. The molecule has 0 spiro atoms. The Morgan fingerprint density at radius 1 is 1.07 bits per heavy atom. The molecule has 2 aliphatic heterocycles. The predicted molar refractivity (Wildman–Crippen MR) is 110 cm³/mol. The van der Waals surface area contributed by atoms with Crippen LogP contribution in [0.2, 0.25) is 0 Å². The van der Waals surface area contributed by atoms with Crippen molar-refractivity contribution >= 4 is 28.8 Å². The van der Waals surface area contributed by atoms with Crippen LogP contribution < -0.4 is 5.32 Å².